The summed E-state index contributed by atoms with van der Waals surface area (Å²) in [4.78, 5) is 47.6. The Morgan fingerprint density at radius 2 is 1.40 bits per heavy atom. The first-order valence-corrected chi connectivity index (χ1v) is 16.2. The largest absolute Gasteiger partial charge is 0.481 e. The first-order chi connectivity index (χ1) is 19.0. The number of ether oxygens (including phenoxy) is 4. The monoisotopic (exact) mass is 611 g/mol. The van der Waals surface area contributed by atoms with Crippen molar-refractivity contribution in [2.45, 2.75) is 58.8 Å². The summed E-state index contributed by atoms with van der Waals surface area (Å²) in [6, 6.07) is -0.274. The van der Waals surface area contributed by atoms with Crippen LogP contribution in [-0.4, -0.2) is 102 Å². The van der Waals surface area contributed by atoms with Crippen LogP contribution in [0.4, 0.5) is 0 Å². The second-order valence-corrected chi connectivity index (χ2v) is 12.0. The molecule has 0 aliphatic carbocycles. The molecule has 0 spiro atoms. The third-order valence-corrected chi connectivity index (χ3v) is 7.76. The Labute approximate surface area is 235 Å². The average Bonchev–Trinajstić information content (AvgIpc) is 2.86. The van der Waals surface area contributed by atoms with Gasteiger partial charge in [-0.25, -0.2) is 0 Å². The summed E-state index contributed by atoms with van der Waals surface area (Å²) in [6.07, 6.45) is 2.60. The number of aromatic nitrogens is 3. The van der Waals surface area contributed by atoms with Crippen LogP contribution < -0.4 is 9.47 Å². The Kier molecular flexibility index (Phi) is 18.1. The molecule has 0 aromatic carbocycles. The van der Waals surface area contributed by atoms with Crippen LogP contribution in [0.15, 0.2) is 0 Å². The summed E-state index contributed by atoms with van der Waals surface area (Å²) in [6.45, 7) is 6.24. The van der Waals surface area contributed by atoms with Crippen LogP contribution in [0.3, 0.4) is 0 Å². The third kappa shape index (κ3) is 18.7. The highest BCUT2D eigenvalue weighted by Gasteiger charge is 2.19. The molecule has 15 nitrogen and oxygen atoms in total. The molecule has 1 atom stereocenters. The molecule has 40 heavy (non-hydrogen) atoms. The highest BCUT2D eigenvalue weighted by atomic mass is 32.3. The number of aryl methyl sites for hydroxylation is 1. The van der Waals surface area contributed by atoms with Crippen LogP contribution in [0.5, 0.6) is 12.0 Å². The van der Waals surface area contributed by atoms with Crippen LogP contribution >= 0.6 is 7.92 Å². The van der Waals surface area contributed by atoms with Crippen molar-refractivity contribution in [1.29, 1.82) is 0 Å². The van der Waals surface area contributed by atoms with E-state index in [-0.39, 0.29) is 56.4 Å². The fraction of sp³-hybridized carbons (Fsp3) is 0.739. The van der Waals surface area contributed by atoms with Crippen molar-refractivity contribution in [2.24, 2.45) is 0 Å². The highest BCUT2D eigenvalue weighted by molar-refractivity contribution is 7.81. The van der Waals surface area contributed by atoms with Gasteiger partial charge in [-0.3, -0.25) is 18.9 Å². The summed E-state index contributed by atoms with van der Waals surface area (Å²) in [5.74, 6) is -2.58. The number of carboxylic acid groups (broad SMARTS) is 1. The van der Waals surface area contributed by atoms with Gasteiger partial charge in [-0.05, 0) is 37.7 Å². The minimum atomic E-state index is -4.94. The van der Waals surface area contributed by atoms with Crippen molar-refractivity contribution in [3.8, 4) is 12.0 Å². The van der Waals surface area contributed by atoms with Gasteiger partial charge in [0.25, 0.3) is 0 Å². The number of rotatable bonds is 23. The van der Waals surface area contributed by atoms with Crippen LogP contribution in [-0.2, 0) is 44.9 Å². The van der Waals surface area contributed by atoms with Gasteiger partial charge in [-0.2, -0.15) is 18.4 Å². The number of carbonyl (C=O) groups is 3. The zero-order chi connectivity index (χ0) is 29.8. The summed E-state index contributed by atoms with van der Waals surface area (Å²) in [5, 5.41) is 8.99. The number of hydrogen-bond donors (Lipinski definition) is 2. The second-order valence-electron chi connectivity index (χ2n) is 8.34. The van der Waals surface area contributed by atoms with E-state index < -0.39 is 36.2 Å². The van der Waals surface area contributed by atoms with Gasteiger partial charge in [0.2, 0.25) is 0 Å². The van der Waals surface area contributed by atoms with Gasteiger partial charge in [0.15, 0.2) is 0 Å². The molecule has 0 bridgehead atoms. The molecule has 1 heterocycles. The molecule has 0 saturated carbocycles. The van der Waals surface area contributed by atoms with Crippen molar-refractivity contribution in [3.63, 3.8) is 0 Å². The minimum absolute atomic E-state index is 0.0246. The summed E-state index contributed by atoms with van der Waals surface area (Å²) in [5.41, 5.74) is 0. The predicted octanol–water partition coefficient (Wildman–Crippen LogP) is 2.02. The van der Waals surface area contributed by atoms with Gasteiger partial charge in [0, 0.05) is 39.1 Å². The van der Waals surface area contributed by atoms with Crippen molar-refractivity contribution < 1.29 is 55.6 Å². The lowest BCUT2D eigenvalue weighted by Gasteiger charge is -2.16. The van der Waals surface area contributed by atoms with E-state index in [9.17, 15) is 22.8 Å². The van der Waals surface area contributed by atoms with Crippen molar-refractivity contribution in [2.75, 3.05) is 51.5 Å². The maximum absolute atomic E-state index is 12.6. The fourth-order valence-corrected chi connectivity index (χ4v) is 5.51. The van der Waals surface area contributed by atoms with Crippen molar-refractivity contribution in [1.82, 2.24) is 15.0 Å². The first-order valence-electron chi connectivity index (χ1n) is 12.9. The Hall–Kier alpha value is -2.52. The molecule has 2 N–H and O–H groups in total. The predicted molar refractivity (Wildman–Crippen MR) is 142 cm³/mol. The van der Waals surface area contributed by atoms with Crippen LogP contribution in [0.2, 0.25) is 0 Å². The molecule has 17 heteroatoms. The van der Waals surface area contributed by atoms with E-state index in [0.717, 1.165) is 12.8 Å². The molecule has 1 aromatic heterocycles. The maximum Gasteiger partial charge on any atom is 0.448 e. The van der Waals surface area contributed by atoms with E-state index in [0.29, 0.717) is 45.1 Å². The SMILES string of the molecule is CCCOCCCc1nc(OCCOCCC)nc(OC(=O)CCP(CCC(=O)O)CCC(=O)OS(=O)(=O)O)n1. The van der Waals surface area contributed by atoms with Crippen molar-refractivity contribution >= 4 is 36.2 Å². The summed E-state index contributed by atoms with van der Waals surface area (Å²) >= 11 is 0. The van der Waals surface area contributed by atoms with E-state index in [4.69, 9.17) is 28.6 Å². The van der Waals surface area contributed by atoms with Gasteiger partial charge >= 0.3 is 40.3 Å². The Morgan fingerprint density at radius 3 is 2.02 bits per heavy atom. The lowest BCUT2D eigenvalue weighted by molar-refractivity contribution is -0.136. The van der Waals surface area contributed by atoms with Gasteiger partial charge in [-0.15, -0.1) is 12.9 Å². The zero-order valence-electron chi connectivity index (χ0n) is 22.8. The van der Waals surface area contributed by atoms with E-state index >= 15 is 0 Å². The van der Waals surface area contributed by atoms with Gasteiger partial charge < -0.3 is 28.2 Å². The number of carbonyl (C=O) groups excluding carboxylic acids is 2. The number of nitrogens with zero attached hydrogens (tertiary/aromatic N) is 3. The van der Waals surface area contributed by atoms with Crippen LogP contribution in [0, 0.1) is 0 Å². The molecule has 228 valence electrons. The number of aliphatic carboxylic acids is 1. The molecule has 0 fully saturated rings. The Bertz CT molecular complexity index is 996. The molecule has 1 aromatic rings. The van der Waals surface area contributed by atoms with Gasteiger partial charge in [0.1, 0.15) is 12.4 Å². The zero-order valence-corrected chi connectivity index (χ0v) is 24.5. The lowest BCUT2D eigenvalue weighted by atomic mass is 10.3. The topological polar surface area (TPSA) is 211 Å². The summed E-state index contributed by atoms with van der Waals surface area (Å²) < 4.78 is 55.5. The van der Waals surface area contributed by atoms with E-state index in [2.05, 4.69) is 19.1 Å². The molecule has 1 unspecified atom stereocenters. The molecule has 0 amide bonds. The smallest absolute Gasteiger partial charge is 0.448 e. The highest BCUT2D eigenvalue weighted by Crippen LogP contribution is 2.38. The fourth-order valence-electron chi connectivity index (χ4n) is 3.02. The second kappa shape index (κ2) is 20.4. The standard InChI is InChI=1S/C23H38N3O12PS/c1-3-10-34-12-5-6-18-24-22(36-14-13-35-11-4-2)26-23(25-18)37-20(29)8-16-39(15-7-19(27)28)17-9-21(30)38-40(31,32)33/h3-17H2,1-2H3,(H,27,28)(H,31,32,33). The molecule has 0 aliphatic rings. The van der Waals surface area contributed by atoms with Crippen molar-refractivity contribution in [3.05, 3.63) is 5.82 Å². The van der Waals surface area contributed by atoms with E-state index in [1.54, 1.807) is 0 Å². The van der Waals surface area contributed by atoms with Crippen LogP contribution in [0.1, 0.15) is 58.2 Å². The first kappa shape index (κ1) is 35.5. The quantitative estimate of drug-likeness (QED) is 0.0784. The average molecular weight is 612 g/mol. The van der Waals surface area contributed by atoms with Gasteiger partial charge in [-0.1, -0.05) is 13.8 Å². The molecule has 0 aliphatic heterocycles. The maximum atomic E-state index is 12.6. The van der Waals surface area contributed by atoms with E-state index in [1.165, 1.54) is 0 Å². The van der Waals surface area contributed by atoms with Crippen LogP contribution in [0.25, 0.3) is 0 Å². The summed E-state index contributed by atoms with van der Waals surface area (Å²) in [7, 11) is -6.12. The number of esters is 1. The molecular formula is C23H38N3O12PS. The molecule has 0 radical (unpaired) electrons. The molecule has 1 rings (SSSR count). The molecular weight excluding hydrogens is 573 g/mol. The Morgan fingerprint density at radius 1 is 0.800 bits per heavy atom. The lowest BCUT2D eigenvalue weighted by Crippen LogP contribution is -2.16. The Balaban J connectivity index is 2.78. The third-order valence-electron chi connectivity index (χ3n) is 4.80. The minimum Gasteiger partial charge on any atom is -0.481 e. The number of carboxylic acids is 1. The normalized spacial score (nSPS) is 12.1. The van der Waals surface area contributed by atoms with E-state index in [1.807, 2.05) is 13.8 Å². The number of hydrogen-bond acceptors (Lipinski definition) is 13. The molecule has 0 saturated heterocycles. The van der Waals surface area contributed by atoms with Gasteiger partial charge in [0.05, 0.1) is 13.0 Å².